The highest BCUT2D eigenvalue weighted by molar-refractivity contribution is 9.10. The van der Waals surface area contributed by atoms with Gasteiger partial charge in [-0.25, -0.2) is 4.79 Å². The van der Waals surface area contributed by atoms with Crippen LogP contribution >= 0.6 is 15.9 Å². The van der Waals surface area contributed by atoms with Gasteiger partial charge in [-0.2, -0.15) is 0 Å². The van der Waals surface area contributed by atoms with Crippen LogP contribution in [-0.2, 0) is 14.3 Å². The molecule has 1 atom stereocenters. The van der Waals surface area contributed by atoms with Gasteiger partial charge in [-0.3, -0.25) is 9.59 Å². The highest BCUT2D eigenvalue weighted by atomic mass is 79.9. The molecule has 118 valence electrons. The van der Waals surface area contributed by atoms with E-state index < -0.39 is 6.04 Å². The zero-order valence-corrected chi connectivity index (χ0v) is 14.0. The van der Waals surface area contributed by atoms with Crippen LogP contribution in [0.1, 0.15) is 36.0 Å². The van der Waals surface area contributed by atoms with Gasteiger partial charge in [0, 0.05) is 29.4 Å². The normalized spacial score (nSPS) is 17.4. The van der Waals surface area contributed by atoms with E-state index >= 15 is 0 Å². The second kappa shape index (κ2) is 7.54. The van der Waals surface area contributed by atoms with Crippen molar-refractivity contribution in [1.29, 1.82) is 0 Å². The van der Waals surface area contributed by atoms with E-state index in [2.05, 4.69) is 15.9 Å². The number of carbonyl (C=O) groups is 3. The first-order valence-corrected chi connectivity index (χ1v) is 7.98. The summed E-state index contributed by atoms with van der Waals surface area (Å²) in [6.07, 6.45) is 1.67. The number of Topliss-reactive ketones (excluding diaryl/α,β-unsaturated/α-hetero) is 1. The van der Waals surface area contributed by atoms with Crippen LogP contribution in [0.15, 0.2) is 28.7 Å². The van der Waals surface area contributed by atoms with Crippen molar-refractivity contribution in [3.63, 3.8) is 0 Å². The van der Waals surface area contributed by atoms with Crippen LogP contribution in [-0.4, -0.2) is 42.3 Å². The minimum Gasteiger partial charge on any atom is -0.467 e. The molecule has 0 N–H and O–H groups in total. The zero-order chi connectivity index (χ0) is 16.1. The molecule has 5 nitrogen and oxygen atoms in total. The Morgan fingerprint density at radius 1 is 1.23 bits per heavy atom. The van der Waals surface area contributed by atoms with E-state index in [1.807, 2.05) is 0 Å². The molecule has 1 aromatic carbocycles. The van der Waals surface area contributed by atoms with E-state index in [9.17, 15) is 14.4 Å². The number of ether oxygens (including phenoxy) is 1. The van der Waals surface area contributed by atoms with Gasteiger partial charge in [0.1, 0.15) is 6.04 Å². The van der Waals surface area contributed by atoms with Crippen molar-refractivity contribution in [1.82, 2.24) is 4.90 Å². The molecule has 0 bridgehead atoms. The second-order valence-corrected chi connectivity index (χ2v) is 6.11. The fourth-order valence-electron chi connectivity index (χ4n) is 2.59. The largest absolute Gasteiger partial charge is 0.467 e. The van der Waals surface area contributed by atoms with E-state index in [0.29, 0.717) is 18.5 Å². The molecule has 6 heteroatoms. The van der Waals surface area contributed by atoms with Crippen LogP contribution in [0.3, 0.4) is 0 Å². The number of methoxy groups -OCH3 is 1. The number of nitrogens with zero attached hydrogens (tertiary/aromatic N) is 1. The minimum atomic E-state index is -0.500. The third-order valence-corrected chi connectivity index (χ3v) is 4.31. The van der Waals surface area contributed by atoms with Gasteiger partial charge in [0.25, 0.3) is 0 Å². The molecule has 1 saturated heterocycles. The lowest BCUT2D eigenvalue weighted by atomic mass is 10.1. The summed E-state index contributed by atoms with van der Waals surface area (Å²) in [5.41, 5.74) is 0.585. The SMILES string of the molecule is COC(=O)[C@@H]1CCCN1C(=O)CCC(=O)c1ccc(Br)cc1. The van der Waals surface area contributed by atoms with E-state index in [1.54, 1.807) is 24.3 Å². The Kier molecular flexibility index (Phi) is 5.71. The van der Waals surface area contributed by atoms with E-state index in [-0.39, 0.29) is 30.5 Å². The lowest BCUT2D eigenvalue weighted by Gasteiger charge is -2.22. The molecule has 0 radical (unpaired) electrons. The minimum absolute atomic E-state index is 0.0744. The Labute approximate surface area is 137 Å². The number of amides is 1. The Morgan fingerprint density at radius 3 is 2.55 bits per heavy atom. The maximum Gasteiger partial charge on any atom is 0.328 e. The Morgan fingerprint density at radius 2 is 1.91 bits per heavy atom. The Balaban J connectivity index is 1.90. The lowest BCUT2D eigenvalue weighted by Crippen LogP contribution is -2.41. The molecule has 0 saturated carbocycles. The monoisotopic (exact) mass is 367 g/mol. The number of halogens is 1. The van der Waals surface area contributed by atoms with E-state index in [4.69, 9.17) is 4.74 Å². The third kappa shape index (κ3) is 3.94. The maximum atomic E-state index is 12.2. The summed E-state index contributed by atoms with van der Waals surface area (Å²) in [6.45, 7) is 0.547. The summed E-state index contributed by atoms with van der Waals surface area (Å²) in [5.74, 6) is -0.627. The number of ketones is 1. The van der Waals surface area contributed by atoms with Crippen LogP contribution in [0.2, 0.25) is 0 Å². The topological polar surface area (TPSA) is 63.7 Å². The summed E-state index contributed by atoms with van der Waals surface area (Å²) in [6, 6.07) is 6.54. The smallest absolute Gasteiger partial charge is 0.328 e. The number of hydrogen-bond acceptors (Lipinski definition) is 4. The molecule has 1 heterocycles. The average Bonchev–Trinajstić information content (AvgIpc) is 3.01. The number of carbonyl (C=O) groups excluding carboxylic acids is 3. The first-order valence-electron chi connectivity index (χ1n) is 7.19. The van der Waals surface area contributed by atoms with Crippen LogP contribution in [0.25, 0.3) is 0 Å². The highest BCUT2D eigenvalue weighted by Gasteiger charge is 2.34. The molecular formula is C16H18BrNO4. The Bertz CT molecular complexity index is 570. The molecule has 1 amide bonds. The predicted molar refractivity (Wildman–Crippen MR) is 84.5 cm³/mol. The molecule has 0 unspecified atom stereocenters. The van der Waals surface area contributed by atoms with Crippen LogP contribution in [0.4, 0.5) is 0 Å². The molecule has 1 aliphatic heterocycles. The van der Waals surface area contributed by atoms with Crippen LogP contribution in [0, 0.1) is 0 Å². The van der Waals surface area contributed by atoms with Crippen molar-refractivity contribution in [3.05, 3.63) is 34.3 Å². The average molecular weight is 368 g/mol. The molecule has 0 aliphatic carbocycles. The number of esters is 1. The van der Waals surface area contributed by atoms with Gasteiger partial charge >= 0.3 is 5.97 Å². The molecule has 0 spiro atoms. The summed E-state index contributed by atoms with van der Waals surface area (Å²) >= 11 is 3.31. The van der Waals surface area contributed by atoms with Crippen molar-refractivity contribution in [2.45, 2.75) is 31.7 Å². The fourth-order valence-corrected chi connectivity index (χ4v) is 2.85. The second-order valence-electron chi connectivity index (χ2n) is 5.20. The van der Waals surface area contributed by atoms with Gasteiger partial charge in [0.2, 0.25) is 5.91 Å². The van der Waals surface area contributed by atoms with Gasteiger partial charge in [-0.05, 0) is 25.0 Å². The third-order valence-electron chi connectivity index (χ3n) is 3.78. The standard InChI is InChI=1S/C16H18BrNO4/c1-22-16(21)13-3-2-10-18(13)15(20)9-8-14(19)11-4-6-12(17)7-5-11/h4-7,13H,2-3,8-10H2,1H3/t13-/m0/s1. The van der Waals surface area contributed by atoms with Gasteiger partial charge in [-0.1, -0.05) is 28.1 Å². The van der Waals surface area contributed by atoms with Crippen LogP contribution < -0.4 is 0 Å². The summed E-state index contributed by atoms with van der Waals surface area (Å²) < 4.78 is 5.62. The molecule has 2 rings (SSSR count). The molecular weight excluding hydrogens is 350 g/mol. The molecule has 22 heavy (non-hydrogen) atoms. The first-order chi connectivity index (χ1) is 10.5. The van der Waals surface area contributed by atoms with Crippen molar-refractivity contribution in [2.24, 2.45) is 0 Å². The summed E-state index contributed by atoms with van der Waals surface area (Å²) in [4.78, 5) is 37.5. The van der Waals surface area contributed by atoms with E-state index in [0.717, 1.165) is 10.9 Å². The number of likely N-dealkylation sites (tertiary alicyclic amines) is 1. The fraction of sp³-hybridized carbons (Fsp3) is 0.438. The summed E-state index contributed by atoms with van der Waals surface area (Å²) in [7, 11) is 1.32. The maximum absolute atomic E-state index is 12.2. The molecule has 1 aromatic rings. The lowest BCUT2D eigenvalue weighted by molar-refractivity contribution is -0.150. The van der Waals surface area contributed by atoms with Crippen molar-refractivity contribution in [2.75, 3.05) is 13.7 Å². The van der Waals surface area contributed by atoms with Crippen LogP contribution in [0.5, 0.6) is 0 Å². The first kappa shape index (κ1) is 16.7. The summed E-state index contributed by atoms with van der Waals surface area (Å²) in [5, 5.41) is 0. The number of rotatable bonds is 5. The Hall–Kier alpha value is -1.69. The van der Waals surface area contributed by atoms with Crippen molar-refractivity contribution < 1.29 is 19.1 Å². The highest BCUT2D eigenvalue weighted by Crippen LogP contribution is 2.20. The van der Waals surface area contributed by atoms with Crippen molar-refractivity contribution in [3.8, 4) is 0 Å². The van der Waals surface area contributed by atoms with Gasteiger partial charge in [0.05, 0.1) is 7.11 Å². The quantitative estimate of drug-likeness (QED) is 0.592. The molecule has 0 aromatic heterocycles. The predicted octanol–water partition coefficient (Wildman–Crippen LogP) is 2.58. The van der Waals surface area contributed by atoms with Gasteiger partial charge in [-0.15, -0.1) is 0 Å². The van der Waals surface area contributed by atoms with E-state index in [1.165, 1.54) is 12.0 Å². The molecule has 1 aliphatic rings. The molecule has 1 fully saturated rings. The van der Waals surface area contributed by atoms with Gasteiger partial charge in [0.15, 0.2) is 5.78 Å². The number of hydrogen-bond donors (Lipinski definition) is 0. The van der Waals surface area contributed by atoms with Gasteiger partial charge < -0.3 is 9.64 Å². The van der Waals surface area contributed by atoms with Crippen molar-refractivity contribution >= 4 is 33.6 Å². The number of benzene rings is 1. The zero-order valence-electron chi connectivity index (χ0n) is 12.4.